The predicted molar refractivity (Wildman–Crippen MR) is 70.5 cm³/mol. The molecule has 1 aliphatic rings. The number of carbonyl (C=O) groups is 1. The van der Waals surface area contributed by atoms with E-state index in [1.807, 2.05) is 0 Å². The van der Waals surface area contributed by atoms with Gasteiger partial charge in [-0.2, -0.15) is 4.31 Å². The fraction of sp³-hybridized carbons (Fsp3) is 0.364. The van der Waals surface area contributed by atoms with E-state index in [0.29, 0.717) is 0 Å². The molecule has 1 heterocycles. The summed E-state index contributed by atoms with van der Waals surface area (Å²) in [5, 5.41) is 2.59. The number of piperazine rings is 1. The van der Waals surface area contributed by atoms with E-state index in [2.05, 4.69) is 21.2 Å². The van der Waals surface area contributed by atoms with E-state index in [1.165, 1.54) is 13.0 Å². The van der Waals surface area contributed by atoms with Crippen molar-refractivity contribution in [3.8, 4) is 0 Å². The molecule has 1 atom stereocenters. The maximum Gasteiger partial charge on any atom is 0.244 e. The van der Waals surface area contributed by atoms with E-state index >= 15 is 0 Å². The van der Waals surface area contributed by atoms with E-state index in [-0.39, 0.29) is 28.4 Å². The first-order valence-electron chi connectivity index (χ1n) is 5.58. The minimum absolute atomic E-state index is 0.0459. The Morgan fingerprint density at radius 3 is 2.79 bits per heavy atom. The number of benzene rings is 1. The summed E-state index contributed by atoms with van der Waals surface area (Å²) in [5.41, 5.74) is 0. The highest BCUT2D eigenvalue weighted by atomic mass is 79.9. The van der Waals surface area contributed by atoms with Crippen molar-refractivity contribution < 1.29 is 17.6 Å². The smallest absolute Gasteiger partial charge is 0.244 e. The predicted octanol–water partition coefficient (Wildman–Crippen LogP) is 1.10. The van der Waals surface area contributed by atoms with Gasteiger partial charge in [0.25, 0.3) is 0 Å². The van der Waals surface area contributed by atoms with Gasteiger partial charge in [0.2, 0.25) is 15.9 Å². The highest BCUT2D eigenvalue weighted by Gasteiger charge is 2.36. The Labute approximate surface area is 119 Å². The third kappa shape index (κ3) is 2.65. The summed E-state index contributed by atoms with van der Waals surface area (Å²) in [5.74, 6) is -0.872. The standard InChI is InChI=1S/C11H12BrFN2O3S/c1-7-11(16)14-4-5-15(7)19(17,18)10-3-2-8(13)6-9(10)12/h2-3,6-7H,4-5H2,1H3,(H,14,16). The van der Waals surface area contributed by atoms with Crippen LogP contribution in [0.5, 0.6) is 0 Å². The van der Waals surface area contributed by atoms with Gasteiger partial charge in [-0.1, -0.05) is 0 Å². The van der Waals surface area contributed by atoms with Gasteiger partial charge in [0.15, 0.2) is 0 Å². The van der Waals surface area contributed by atoms with Crippen LogP contribution in [0, 0.1) is 5.82 Å². The molecular formula is C11H12BrFN2O3S. The van der Waals surface area contributed by atoms with Crippen molar-refractivity contribution in [2.75, 3.05) is 13.1 Å². The Morgan fingerprint density at radius 1 is 1.47 bits per heavy atom. The summed E-state index contributed by atoms with van der Waals surface area (Å²) in [7, 11) is -3.83. The molecular weight excluding hydrogens is 339 g/mol. The van der Waals surface area contributed by atoms with Crippen LogP contribution in [0.3, 0.4) is 0 Å². The molecule has 1 aromatic rings. The van der Waals surface area contributed by atoms with Crippen LogP contribution in [0.25, 0.3) is 0 Å². The summed E-state index contributed by atoms with van der Waals surface area (Å²) in [6.45, 7) is 1.98. The van der Waals surface area contributed by atoms with E-state index in [1.54, 1.807) is 0 Å². The van der Waals surface area contributed by atoms with Crippen molar-refractivity contribution in [3.05, 3.63) is 28.5 Å². The molecule has 1 fully saturated rings. The quantitative estimate of drug-likeness (QED) is 0.868. The third-order valence-electron chi connectivity index (χ3n) is 2.92. The number of halogens is 2. The molecule has 1 aromatic carbocycles. The lowest BCUT2D eigenvalue weighted by molar-refractivity contribution is -0.126. The SMILES string of the molecule is CC1C(=O)NCCN1S(=O)(=O)c1ccc(F)cc1Br. The Balaban J connectivity index is 2.44. The molecule has 19 heavy (non-hydrogen) atoms. The lowest BCUT2D eigenvalue weighted by Crippen LogP contribution is -2.55. The molecule has 0 saturated carbocycles. The topological polar surface area (TPSA) is 66.5 Å². The zero-order valence-corrected chi connectivity index (χ0v) is 12.5. The molecule has 1 N–H and O–H groups in total. The lowest BCUT2D eigenvalue weighted by atomic mass is 10.2. The van der Waals surface area contributed by atoms with Crippen molar-refractivity contribution >= 4 is 31.9 Å². The van der Waals surface area contributed by atoms with E-state index in [4.69, 9.17) is 0 Å². The maximum absolute atomic E-state index is 13.0. The van der Waals surface area contributed by atoms with Gasteiger partial charge < -0.3 is 5.32 Å². The number of nitrogens with zero attached hydrogens (tertiary/aromatic N) is 1. The number of sulfonamides is 1. The molecule has 104 valence electrons. The van der Waals surface area contributed by atoms with Crippen LogP contribution in [0.2, 0.25) is 0 Å². The maximum atomic E-state index is 13.0. The Hall–Kier alpha value is -0.990. The molecule has 0 aliphatic carbocycles. The average molecular weight is 351 g/mol. The number of rotatable bonds is 2. The fourth-order valence-electron chi connectivity index (χ4n) is 1.90. The monoisotopic (exact) mass is 350 g/mol. The van der Waals surface area contributed by atoms with E-state index in [9.17, 15) is 17.6 Å². The summed E-state index contributed by atoms with van der Waals surface area (Å²) in [4.78, 5) is 11.5. The van der Waals surface area contributed by atoms with Gasteiger partial charge in [0.05, 0.1) is 4.90 Å². The number of carbonyl (C=O) groups excluding carboxylic acids is 1. The van der Waals surface area contributed by atoms with Crippen LogP contribution in [-0.2, 0) is 14.8 Å². The second-order valence-electron chi connectivity index (χ2n) is 4.16. The molecule has 8 heteroatoms. The first kappa shape index (κ1) is 14.4. The molecule has 0 radical (unpaired) electrons. The van der Waals surface area contributed by atoms with Crippen molar-refractivity contribution in [3.63, 3.8) is 0 Å². The molecule has 5 nitrogen and oxygen atoms in total. The minimum Gasteiger partial charge on any atom is -0.353 e. The van der Waals surface area contributed by atoms with Gasteiger partial charge in [0, 0.05) is 17.6 Å². The number of amides is 1. The average Bonchev–Trinajstić information content (AvgIpc) is 2.31. The highest BCUT2D eigenvalue weighted by molar-refractivity contribution is 9.10. The van der Waals surface area contributed by atoms with Gasteiger partial charge in [0.1, 0.15) is 11.9 Å². The summed E-state index contributed by atoms with van der Waals surface area (Å²) < 4.78 is 39.2. The molecule has 1 aliphatic heterocycles. The van der Waals surface area contributed by atoms with Crippen LogP contribution < -0.4 is 5.32 Å². The van der Waals surface area contributed by atoms with Crippen LogP contribution in [-0.4, -0.2) is 37.8 Å². The molecule has 2 rings (SSSR count). The summed E-state index contributed by atoms with van der Waals surface area (Å²) >= 11 is 3.04. The van der Waals surface area contributed by atoms with Crippen LogP contribution in [0.4, 0.5) is 4.39 Å². The highest BCUT2D eigenvalue weighted by Crippen LogP contribution is 2.27. The largest absolute Gasteiger partial charge is 0.353 e. The Bertz CT molecular complexity index is 620. The molecule has 1 amide bonds. The van der Waals surface area contributed by atoms with Gasteiger partial charge in [-0.25, -0.2) is 12.8 Å². The number of hydrogen-bond acceptors (Lipinski definition) is 3. The second-order valence-corrected chi connectivity index (χ2v) is 6.87. The lowest BCUT2D eigenvalue weighted by Gasteiger charge is -2.31. The molecule has 1 saturated heterocycles. The zero-order chi connectivity index (χ0) is 14.2. The van der Waals surface area contributed by atoms with E-state index < -0.39 is 21.9 Å². The van der Waals surface area contributed by atoms with Crippen LogP contribution >= 0.6 is 15.9 Å². The Kier molecular flexibility index (Phi) is 3.93. The van der Waals surface area contributed by atoms with Crippen LogP contribution in [0.1, 0.15) is 6.92 Å². The van der Waals surface area contributed by atoms with Crippen molar-refractivity contribution in [2.24, 2.45) is 0 Å². The number of nitrogens with one attached hydrogen (secondary N) is 1. The third-order valence-corrected chi connectivity index (χ3v) is 5.87. The van der Waals surface area contributed by atoms with E-state index in [0.717, 1.165) is 16.4 Å². The second kappa shape index (κ2) is 5.18. The molecule has 0 spiro atoms. The van der Waals surface area contributed by atoms with Crippen molar-refractivity contribution in [1.82, 2.24) is 9.62 Å². The van der Waals surface area contributed by atoms with Crippen molar-refractivity contribution in [1.29, 1.82) is 0 Å². The van der Waals surface area contributed by atoms with Gasteiger partial charge >= 0.3 is 0 Å². The molecule has 1 unspecified atom stereocenters. The molecule has 0 bridgehead atoms. The van der Waals surface area contributed by atoms with Crippen LogP contribution in [0.15, 0.2) is 27.6 Å². The number of hydrogen-bond donors (Lipinski definition) is 1. The normalized spacial score (nSPS) is 21.2. The molecule has 0 aromatic heterocycles. The van der Waals surface area contributed by atoms with Gasteiger partial charge in [-0.15, -0.1) is 0 Å². The first-order valence-corrected chi connectivity index (χ1v) is 7.82. The summed E-state index contributed by atoms with van der Waals surface area (Å²) in [6.07, 6.45) is 0. The summed E-state index contributed by atoms with van der Waals surface area (Å²) in [6, 6.07) is 2.57. The minimum atomic E-state index is -3.83. The van der Waals surface area contributed by atoms with Crippen molar-refractivity contribution in [2.45, 2.75) is 17.9 Å². The zero-order valence-electron chi connectivity index (χ0n) is 10.1. The van der Waals surface area contributed by atoms with Gasteiger partial charge in [-0.05, 0) is 41.1 Å². The first-order chi connectivity index (χ1) is 8.84. The fourth-order valence-corrected chi connectivity index (χ4v) is 4.51. The Morgan fingerprint density at radius 2 is 2.16 bits per heavy atom. The van der Waals surface area contributed by atoms with Gasteiger partial charge in [-0.3, -0.25) is 4.79 Å².